The summed E-state index contributed by atoms with van der Waals surface area (Å²) in [5.41, 5.74) is 2.94. The third-order valence-electron chi connectivity index (χ3n) is 8.90. The van der Waals surface area contributed by atoms with E-state index in [0.29, 0.717) is 18.5 Å². The van der Waals surface area contributed by atoms with Gasteiger partial charge < -0.3 is 31.7 Å². The first kappa shape index (κ1) is 38.4. The second-order valence-corrected chi connectivity index (χ2v) is 14.0. The van der Waals surface area contributed by atoms with E-state index < -0.39 is 59.7 Å². The number of hydrogen-bond donors (Lipinski definition) is 6. The van der Waals surface area contributed by atoms with Gasteiger partial charge in [-0.3, -0.25) is 24.0 Å². The quantitative estimate of drug-likeness (QED) is 0.150. The van der Waals surface area contributed by atoms with Crippen molar-refractivity contribution in [1.82, 2.24) is 21.3 Å². The summed E-state index contributed by atoms with van der Waals surface area (Å²) in [4.78, 5) is 80.9. The number of amides is 5. The van der Waals surface area contributed by atoms with Gasteiger partial charge in [-0.1, -0.05) is 78.9 Å². The standard InChI is InChI=1S/C40H43N5O7S/c46-35-21-22-36(47)42-34(25-30-12-7-23-53-30)39(50)43-31(19-15-26-8-3-1-4-9-26)37(48)45-33(24-28-10-5-2-6-11-28)38(49)44-32(40(51)52)20-16-27-13-17-29(41-35)18-14-27/h1-14,17-18,23,31-34H,15-16,19-22,24-25H2,(H,41,46)(H,42,47)(H,43,50)(H,44,49)(H,45,48)(H,51,52)/t31-,32-,33+,34+/m0/s1. The Hall–Kier alpha value is -5.82. The summed E-state index contributed by atoms with van der Waals surface area (Å²) in [5, 5.41) is 25.7. The lowest BCUT2D eigenvalue weighted by Gasteiger charge is -2.26. The van der Waals surface area contributed by atoms with E-state index in [2.05, 4.69) is 26.6 Å². The molecule has 3 aromatic carbocycles. The fraction of sp³-hybridized carbons (Fsp3) is 0.300. The highest BCUT2D eigenvalue weighted by atomic mass is 32.1. The second-order valence-electron chi connectivity index (χ2n) is 12.9. The van der Waals surface area contributed by atoms with Crippen LogP contribution in [0.2, 0.25) is 0 Å². The second kappa shape index (κ2) is 19.1. The SMILES string of the molecule is O=C1CCC(=O)N[C@H](Cc2cccs2)C(=O)N[C@@H](CCc2ccccc2)C(=O)N[C@H](Cc2ccccc2)C(=O)N[C@H](C(=O)O)CCc2ccc(cc2)N1. The van der Waals surface area contributed by atoms with E-state index in [0.717, 1.165) is 21.6 Å². The van der Waals surface area contributed by atoms with Gasteiger partial charge in [-0.25, -0.2) is 4.79 Å². The number of anilines is 1. The van der Waals surface area contributed by atoms with Gasteiger partial charge >= 0.3 is 5.97 Å². The van der Waals surface area contributed by atoms with Gasteiger partial charge in [0, 0.05) is 36.2 Å². The number of aliphatic carboxylic acids is 1. The van der Waals surface area contributed by atoms with Crippen LogP contribution in [-0.2, 0) is 54.5 Å². The first-order valence-corrected chi connectivity index (χ1v) is 18.4. The Morgan fingerprint density at radius 2 is 1.23 bits per heavy atom. The molecule has 2 bridgehead atoms. The van der Waals surface area contributed by atoms with Gasteiger partial charge in [-0.05, 0) is 66.0 Å². The van der Waals surface area contributed by atoms with Crippen molar-refractivity contribution in [2.75, 3.05) is 5.32 Å². The number of thiophene rings is 1. The van der Waals surface area contributed by atoms with E-state index in [1.807, 2.05) is 53.9 Å². The highest BCUT2D eigenvalue weighted by Crippen LogP contribution is 2.16. The molecule has 13 heteroatoms. The maximum Gasteiger partial charge on any atom is 0.326 e. The number of carbonyl (C=O) groups is 6. The Morgan fingerprint density at radius 1 is 0.623 bits per heavy atom. The Labute approximate surface area is 311 Å². The number of rotatable bonds is 8. The Bertz CT molecular complexity index is 1850. The van der Waals surface area contributed by atoms with Gasteiger partial charge in [0.25, 0.3) is 0 Å². The van der Waals surface area contributed by atoms with Gasteiger partial charge in [-0.15, -0.1) is 11.3 Å². The lowest BCUT2D eigenvalue weighted by Crippen LogP contribution is -2.58. The highest BCUT2D eigenvalue weighted by Gasteiger charge is 2.32. The molecule has 1 aromatic heterocycles. The van der Waals surface area contributed by atoms with E-state index in [1.165, 1.54) is 11.3 Å². The van der Waals surface area contributed by atoms with Gasteiger partial charge in [0.05, 0.1) is 0 Å². The summed E-state index contributed by atoms with van der Waals surface area (Å²) < 4.78 is 0. The van der Waals surface area contributed by atoms with Crippen molar-refractivity contribution in [1.29, 1.82) is 0 Å². The van der Waals surface area contributed by atoms with Crippen LogP contribution in [-0.4, -0.2) is 64.8 Å². The monoisotopic (exact) mass is 737 g/mol. The molecule has 6 rings (SSSR count). The van der Waals surface area contributed by atoms with E-state index in [-0.39, 0.29) is 38.5 Å². The molecule has 0 unspecified atom stereocenters. The maximum absolute atomic E-state index is 14.1. The van der Waals surface area contributed by atoms with Crippen LogP contribution in [0.3, 0.4) is 0 Å². The molecule has 0 saturated heterocycles. The predicted octanol–water partition coefficient (Wildman–Crippen LogP) is 3.56. The molecule has 53 heavy (non-hydrogen) atoms. The van der Waals surface area contributed by atoms with E-state index in [1.54, 1.807) is 48.5 Å². The first-order valence-electron chi connectivity index (χ1n) is 17.5. The topological polar surface area (TPSA) is 183 Å². The molecule has 2 aliphatic rings. The fourth-order valence-corrected chi connectivity index (χ4v) is 6.73. The van der Waals surface area contributed by atoms with Gasteiger partial charge in [-0.2, -0.15) is 0 Å². The number of hydrogen-bond acceptors (Lipinski definition) is 7. The van der Waals surface area contributed by atoms with Crippen LogP contribution in [0.25, 0.3) is 0 Å². The third kappa shape index (κ3) is 12.1. The van der Waals surface area contributed by atoms with E-state index in [9.17, 15) is 33.9 Å². The molecule has 276 valence electrons. The summed E-state index contributed by atoms with van der Waals surface area (Å²) in [5.74, 6) is -4.07. The Kier molecular flexibility index (Phi) is 13.9. The number of nitrogens with one attached hydrogen (secondary N) is 5. The van der Waals surface area contributed by atoms with Gasteiger partial charge in [0.15, 0.2) is 0 Å². The number of carboxylic acid groups (broad SMARTS) is 1. The Balaban J connectivity index is 1.46. The minimum Gasteiger partial charge on any atom is -0.480 e. The number of fused-ring (bicyclic) bond motifs is 19. The summed E-state index contributed by atoms with van der Waals surface area (Å²) in [6.45, 7) is 0. The van der Waals surface area contributed by atoms with Crippen LogP contribution < -0.4 is 26.6 Å². The zero-order chi connectivity index (χ0) is 37.6. The zero-order valence-corrected chi connectivity index (χ0v) is 29.9. The summed E-state index contributed by atoms with van der Waals surface area (Å²) in [6, 6.07) is 24.3. The molecule has 0 fully saturated rings. The minimum atomic E-state index is -1.26. The molecule has 0 aliphatic carbocycles. The molecule has 12 nitrogen and oxygen atoms in total. The molecule has 6 N–H and O–H groups in total. The summed E-state index contributed by atoms with van der Waals surface area (Å²) in [7, 11) is 0. The predicted molar refractivity (Wildman–Crippen MR) is 201 cm³/mol. The maximum atomic E-state index is 14.1. The minimum absolute atomic E-state index is 0.0638. The molecule has 0 radical (unpaired) electrons. The zero-order valence-electron chi connectivity index (χ0n) is 29.1. The molecule has 5 amide bonds. The third-order valence-corrected chi connectivity index (χ3v) is 9.80. The largest absolute Gasteiger partial charge is 0.480 e. The van der Waals surface area contributed by atoms with Crippen LogP contribution >= 0.6 is 11.3 Å². The Morgan fingerprint density at radius 3 is 1.89 bits per heavy atom. The van der Waals surface area contributed by atoms with Crippen molar-refractivity contribution < 1.29 is 33.9 Å². The smallest absolute Gasteiger partial charge is 0.326 e. The van der Waals surface area contributed by atoms with Crippen LogP contribution in [0.1, 0.15) is 47.3 Å². The summed E-state index contributed by atoms with van der Waals surface area (Å²) in [6.07, 6.45) is 0.849. The van der Waals surface area contributed by atoms with Crippen molar-refractivity contribution in [3.63, 3.8) is 0 Å². The molecule has 2 aliphatic heterocycles. The molecule has 0 spiro atoms. The average molecular weight is 738 g/mol. The van der Waals surface area contributed by atoms with Crippen molar-refractivity contribution in [3.05, 3.63) is 124 Å². The van der Waals surface area contributed by atoms with Crippen LogP contribution in [0.15, 0.2) is 102 Å². The van der Waals surface area contributed by atoms with E-state index in [4.69, 9.17) is 0 Å². The highest BCUT2D eigenvalue weighted by molar-refractivity contribution is 7.09. The van der Waals surface area contributed by atoms with Crippen LogP contribution in [0.5, 0.6) is 0 Å². The molecular weight excluding hydrogens is 695 g/mol. The lowest BCUT2D eigenvalue weighted by molar-refractivity contribution is -0.142. The molecular formula is C40H43N5O7S. The van der Waals surface area contributed by atoms with Crippen molar-refractivity contribution in [2.24, 2.45) is 0 Å². The lowest BCUT2D eigenvalue weighted by atomic mass is 10.0. The van der Waals surface area contributed by atoms with Crippen molar-refractivity contribution >= 4 is 52.5 Å². The van der Waals surface area contributed by atoms with Crippen molar-refractivity contribution in [2.45, 2.75) is 75.5 Å². The number of benzene rings is 3. The number of carbonyl (C=O) groups excluding carboxylic acids is 5. The first-order chi connectivity index (χ1) is 25.6. The van der Waals surface area contributed by atoms with E-state index >= 15 is 0 Å². The van der Waals surface area contributed by atoms with Crippen LogP contribution in [0, 0.1) is 0 Å². The average Bonchev–Trinajstić information content (AvgIpc) is 3.67. The molecule has 4 aromatic rings. The fourth-order valence-electron chi connectivity index (χ4n) is 5.98. The normalized spacial score (nSPS) is 20.8. The molecule has 3 heterocycles. The van der Waals surface area contributed by atoms with Gasteiger partial charge in [0.2, 0.25) is 29.5 Å². The number of carboxylic acids is 1. The number of aryl methyl sites for hydroxylation is 2. The van der Waals surface area contributed by atoms with Crippen LogP contribution in [0.4, 0.5) is 5.69 Å². The van der Waals surface area contributed by atoms with Gasteiger partial charge in [0.1, 0.15) is 24.2 Å². The van der Waals surface area contributed by atoms with Crippen molar-refractivity contribution in [3.8, 4) is 0 Å². The summed E-state index contributed by atoms with van der Waals surface area (Å²) >= 11 is 1.41. The molecule has 0 saturated carbocycles. The molecule has 4 atom stereocenters.